The van der Waals surface area contributed by atoms with Crippen molar-refractivity contribution < 1.29 is 4.42 Å². The number of aromatic nitrogens is 1. The lowest BCUT2D eigenvalue weighted by atomic mass is 10.2. The molecule has 4 heteroatoms. The average molecular weight is 287 g/mol. The Hall–Kier alpha value is -1.81. The summed E-state index contributed by atoms with van der Waals surface area (Å²) in [5, 5.41) is 3.46. The molecule has 4 nitrogen and oxygen atoms in total. The Morgan fingerprint density at radius 1 is 1.29 bits per heavy atom. The average Bonchev–Trinajstić information content (AvgIpc) is 2.93. The molecule has 0 aliphatic rings. The van der Waals surface area contributed by atoms with Crippen LogP contribution in [0.3, 0.4) is 0 Å². The Morgan fingerprint density at radius 3 is 2.71 bits per heavy atom. The zero-order chi connectivity index (χ0) is 15.2. The summed E-state index contributed by atoms with van der Waals surface area (Å²) in [6, 6.07) is 8.12. The Labute approximate surface area is 127 Å². The molecule has 2 rings (SSSR count). The summed E-state index contributed by atoms with van der Waals surface area (Å²) >= 11 is 0. The van der Waals surface area contributed by atoms with Crippen molar-refractivity contribution in [2.24, 2.45) is 5.92 Å². The van der Waals surface area contributed by atoms with Gasteiger partial charge in [0.05, 0.1) is 12.8 Å². The first-order valence-electron chi connectivity index (χ1n) is 7.47. The van der Waals surface area contributed by atoms with Crippen LogP contribution in [0.1, 0.15) is 30.9 Å². The predicted molar refractivity (Wildman–Crippen MR) is 86.3 cm³/mol. The maximum Gasteiger partial charge on any atom is 0.128 e. The van der Waals surface area contributed by atoms with Gasteiger partial charge in [-0.3, -0.25) is 0 Å². The van der Waals surface area contributed by atoms with E-state index in [0.717, 1.165) is 36.9 Å². The molecule has 0 amide bonds. The topological polar surface area (TPSA) is 41.3 Å². The molecule has 0 unspecified atom stereocenters. The minimum Gasteiger partial charge on any atom is -0.467 e. The zero-order valence-electron chi connectivity index (χ0n) is 13.4. The standard InChI is InChI=1S/C17H25N3O/c1-13(2)10-18-11-15-7-8-17(19-14(15)3)20(4)12-16-6-5-9-21-16/h5-9,13,18H,10-12H2,1-4H3. The van der Waals surface area contributed by atoms with E-state index >= 15 is 0 Å². The van der Waals surface area contributed by atoms with Crippen LogP contribution in [0, 0.1) is 12.8 Å². The third-order valence-corrected chi connectivity index (χ3v) is 3.41. The second-order valence-electron chi connectivity index (χ2n) is 5.87. The first kappa shape index (κ1) is 15.6. The van der Waals surface area contributed by atoms with Gasteiger partial charge in [0.25, 0.3) is 0 Å². The van der Waals surface area contributed by atoms with Gasteiger partial charge >= 0.3 is 0 Å². The minimum absolute atomic E-state index is 0.664. The third-order valence-electron chi connectivity index (χ3n) is 3.41. The van der Waals surface area contributed by atoms with Crippen molar-refractivity contribution in [3.05, 3.63) is 47.5 Å². The van der Waals surface area contributed by atoms with Crippen molar-refractivity contribution in [1.82, 2.24) is 10.3 Å². The smallest absolute Gasteiger partial charge is 0.128 e. The van der Waals surface area contributed by atoms with Crippen LogP contribution in [-0.4, -0.2) is 18.6 Å². The molecule has 0 aliphatic heterocycles. The van der Waals surface area contributed by atoms with E-state index in [1.54, 1.807) is 6.26 Å². The largest absolute Gasteiger partial charge is 0.467 e. The highest BCUT2D eigenvalue weighted by Gasteiger charge is 2.08. The molecule has 0 saturated carbocycles. The first-order chi connectivity index (χ1) is 10.1. The molecule has 0 aromatic carbocycles. The van der Waals surface area contributed by atoms with Crippen LogP contribution >= 0.6 is 0 Å². The van der Waals surface area contributed by atoms with Crippen LogP contribution in [0.2, 0.25) is 0 Å². The second kappa shape index (κ2) is 7.27. The summed E-state index contributed by atoms with van der Waals surface area (Å²) in [7, 11) is 2.03. The summed E-state index contributed by atoms with van der Waals surface area (Å²) < 4.78 is 5.38. The van der Waals surface area contributed by atoms with E-state index in [0.29, 0.717) is 5.92 Å². The van der Waals surface area contributed by atoms with E-state index in [1.807, 2.05) is 19.2 Å². The predicted octanol–water partition coefficient (Wildman–Crippen LogP) is 3.37. The van der Waals surface area contributed by atoms with Crippen LogP contribution in [0.5, 0.6) is 0 Å². The van der Waals surface area contributed by atoms with Crippen molar-refractivity contribution in [3.8, 4) is 0 Å². The van der Waals surface area contributed by atoms with Gasteiger partial charge in [0.2, 0.25) is 0 Å². The maximum absolute atomic E-state index is 5.38. The van der Waals surface area contributed by atoms with Gasteiger partial charge in [-0.1, -0.05) is 19.9 Å². The number of aryl methyl sites for hydroxylation is 1. The van der Waals surface area contributed by atoms with Crippen LogP contribution in [0.15, 0.2) is 34.9 Å². The Balaban J connectivity index is 1.97. The first-order valence-corrected chi connectivity index (χ1v) is 7.47. The molecule has 0 aliphatic carbocycles. The molecule has 1 N–H and O–H groups in total. The molecule has 0 saturated heterocycles. The molecule has 0 atom stereocenters. The van der Waals surface area contributed by atoms with Crippen molar-refractivity contribution >= 4 is 5.82 Å². The van der Waals surface area contributed by atoms with Crippen LogP contribution < -0.4 is 10.2 Å². The highest BCUT2D eigenvalue weighted by atomic mass is 16.3. The Kier molecular flexibility index (Phi) is 5.39. The van der Waals surface area contributed by atoms with E-state index in [2.05, 4.69) is 43.1 Å². The van der Waals surface area contributed by atoms with Gasteiger partial charge in [-0.2, -0.15) is 0 Å². The number of rotatable bonds is 7. The lowest BCUT2D eigenvalue weighted by Gasteiger charge is -2.18. The van der Waals surface area contributed by atoms with E-state index in [1.165, 1.54) is 5.56 Å². The molecule has 0 spiro atoms. The maximum atomic E-state index is 5.38. The summed E-state index contributed by atoms with van der Waals surface area (Å²) in [5.74, 6) is 2.58. The van der Waals surface area contributed by atoms with Crippen molar-refractivity contribution in [2.75, 3.05) is 18.5 Å². The van der Waals surface area contributed by atoms with E-state index in [-0.39, 0.29) is 0 Å². The molecule has 0 fully saturated rings. The van der Waals surface area contributed by atoms with Crippen molar-refractivity contribution in [1.29, 1.82) is 0 Å². The monoisotopic (exact) mass is 287 g/mol. The molecule has 21 heavy (non-hydrogen) atoms. The number of anilines is 1. The van der Waals surface area contributed by atoms with Crippen molar-refractivity contribution in [3.63, 3.8) is 0 Å². The van der Waals surface area contributed by atoms with Gasteiger partial charge in [-0.25, -0.2) is 4.98 Å². The van der Waals surface area contributed by atoms with Gasteiger partial charge in [0, 0.05) is 19.3 Å². The fourth-order valence-electron chi connectivity index (χ4n) is 2.19. The Bertz CT molecular complexity index is 549. The zero-order valence-corrected chi connectivity index (χ0v) is 13.4. The molecular weight excluding hydrogens is 262 g/mol. The van der Waals surface area contributed by atoms with Gasteiger partial charge in [0.15, 0.2) is 0 Å². The minimum atomic E-state index is 0.664. The van der Waals surface area contributed by atoms with Gasteiger partial charge in [0.1, 0.15) is 11.6 Å². The van der Waals surface area contributed by atoms with Gasteiger partial charge in [-0.05, 0) is 43.1 Å². The SMILES string of the molecule is Cc1nc(N(C)Cc2ccco2)ccc1CNCC(C)C. The molecule has 2 aromatic rings. The summed E-state index contributed by atoms with van der Waals surface area (Å²) in [5.41, 5.74) is 2.33. The van der Waals surface area contributed by atoms with Crippen LogP contribution in [-0.2, 0) is 13.1 Å². The summed E-state index contributed by atoms with van der Waals surface area (Å²) in [6.07, 6.45) is 1.70. The molecular formula is C17H25N3O. The highest BCUT2D eigenvalue weighted by Crippen LogP contribution is 2.16. The highest BCUT2D eigenvalue weighted by molar-refractivity contribution is 5.41. The fraction of sp³-hybridized carbons (Fsp3) is 0.471. The van der Waals surface area contributed by atoms with Crippen LogP contribution in [0.25, 0.3) is 0 Å². The van der Waals surface area contributed by atoms with E-state index < -0.39 is 0 Å². The number of hydrogen-bond acceptors (Lipinski definition) is 4. The van der Waals surface area contributed by atoms with Gasteiger partial charge < -0.3 is 14.6 Å². The molecule has 2 aromatic heterocycles. The molecule has 114 valence electrons. The lowest BCUT2D eigenvalue weighted by Crippen LogP contribution is -2.21. The third kappa shape index (κ3) is 4.60. The summed E-state index contributed by atoms with van der Waals surface area (Å²) in [4.78, 5) is 6.79. The van der Waals surface area contributed by atoms with Crippen molar-refractivity contribution in [2.45, 2.75) is 33.9 Å². The molecule has 0 radical (unpaired) electrons. The second-order valence-corrected chi connectivity index (χ2v) is 5.87. The fourth-order valence-corrected chi connectivity index (χ4v) is 2.19. The number of furan rings is 1. The normalized spacial score (nSPS) is 11.1. The number of hydrogen-bond donors (Lipinski definition) is 1. The molecule has 0 bridgehead atoms. The van der Waals surface area contributed by atoms with E-state index in [4.69, 9.17) is 9.40 Å². The Morgan fingerprint density at radius 2 is 2.10 bits per heavy atom. The number of nitrogens with zero attached hydrogens (tertiary/aromatic N) is 2. The number of nitrogens with one attached hydrogen (secondary N) is 1. The quantitative estimate of drug-likeness (QED) is 0.848. The van der Waals surface area contributed by atoms with Gasteiger partial charge in [-0.15, -0.1) is 0 Å². The van der Waals surface area contributed by atoms with E-state index in [9.17, 15) is 0 Å². The summed E-state index contributed by atoms with van der Waals surface area (Å²) in [6.45, 7) is 9.12. The van der Waals surface area contributed by atoms with Crippen LogP contribution in [0.4, 0.5) is 5.82 Å². The number of pyridine rings is 1. The lowest BCUT2D eigenvalue weighted by molar-refractivity contribution is 0.507. The molecule has 2 heterocycles.